The summed E-state index contributed by atoms with van der Waals surface area (Å²) in [6.45, 7) is 0.679. The number of hydrogen-bond donors (Lipinski definition) is 1. The van der Waals surface area contributed by atoms with E-state index in [1.807, 2.05) is 0 Å². The van der Waals surface area contributed by atoms with Crippen LogP contribution in [0.5, 0.6) is 0 Å². The van der Waals surface area contributed by atoms with Crippen molar-refractivity contribution in [2.24, 2.45) is 0 Å². The lowest BCUT2D eigenvalue weighted by molar-refractivity contribution is -0.384. The molecule has 1 aromatic rings. The maximum absolute atomic E-state index is 10.8. The fourth-order valence-electron chi connectivity index (χ4n) is 2.76. The van der Waals surface area contributed by atoms with Crippen LogP contribution < -0.4 is 5.73 Å². The Morgan fingerprint density at radius 3 is 2.60 bits per heavy atom. The molecule has 20 heavy (non-hydrogen) atoms. The van der Waals surface area contributed by atoms with Crippen molar-refractivity contribution >= 4 is 23.8 Å². The average molecular weight is 300 g/mol. The van der Waals surface area contributed by atoms with Gasteiger partial charge in [-0.1, -0.05) is 19.3 Å². The molecule has 0 saturated heterocycles. The van der Waals surface area contributed by atoms with Crippen LogP contribution in [0.25, 0.3) is 0 Å². The van der Waals surface area contributed by atoms with E-state index in [0.717, 1.165) is 5.56 Å². The second-order valence-corrected chi connectivity index (χ2v) is 5.35. The summed E-state index contributed by atoms with van der Waals surface area (Å²) in [5.41, 5.74) is 7.51. The fraction of sp³-hybridized carbons (Fsp3) is 0.571. The monoisotopic (exact) mass is 299 g/mol. The van der Waals surface area contributed by atoms with Crippen LogP contribution in [0.3, 0.4) is 0 Å². The zero-order chi connectivity index (χ0) is 13.8. The summed E-state index contributed by atoms with van der Waals surface area (Å²) in [4.78, 5) is 12.7. The third kappa shape index (κ3) is 4.08. The zero-order valence-electron chi connectivity index (χ0n) is 11.7. The van der Waals surface area contributed by atoms with Crippen molar-refractivity contribution in [3.63, 3.8) is 0 Å². The van der Waals surface area contributed by atoms with E-state index in [1.165, 1.54) is 38.2 Å². The molecule has 6 heteroatoms. The second-order valence-electron chi connectivity index (χ2n) is 5.35. The van der Waals surface area contributed by atoms with E-state index in [-0.39, 0.29) is 23.0 Å². The molecule has 1 aromatic carbocycles. The molecule has 1 aliphatic carbocycles. The van der Waals surface area contributed by atoms with Crippen molar-refractivity contribution in [1.82, 2.24) is 4.90 Å². The largest absolute Gasteiger partial charge is 0.398 e. The summed E-state index contributed by atoms with van der Waals surface area (Å²) in [6, 6.07) is 5.25. The average Bonchev–Trinajstić information content (AvgIpc) is 2.42. The number of non-ortho nitro benzene ring substituents is 1. The Morgan fingerprint density at radius 1 is 1.35 bits per heavy atom. The molecule has 2 rings (SSSR count). The van der Waals surface area contributed by atoms with Gasteiger partial charge in [-0.05, 0) is 31.5 Å². The molecule has 0 heterocycles. The van der Waals surface area contributed by atoms with Gasteiger partial charge in [0, 0.05) is 30.4 Å². The lowest BCUT2D eigenvalue weighted by Gasteiger charge is -2.31. The van der Waals surface area contributed by atoms with E-state index < -0.39 is 0 Å². The van der Waals surface area contributed by atoms with Gasteiger partial charge in [-0.3, -0.25) is 15.0 Å². The van der Waals surface area contributed by atoms with Crippen molar-refractivity contribution in [3.05, 3.63) is 33.9 Å². The summed E-state index contributed by atoms with van der Waals surface area (Å²) in [5, 5.41) is 10.8. The Labute approximate surface area is 125 Å². The lowest BCUT2D eigenvalue weighted by Crippen LogP contribution is -2.33. The minimum absolute atomic E-state index is 0. The molecule has 5 nitrogen and oxygen atoms in total. The Kier molecular flexibility index (Phi) is 6.23. The van der Waals surface area contributed by atoms with Crippen LogP contribution in [-0.2, 0) is 6.54 Å². The number of nitrogens with zero attached hydrogens (tertiary/aromatic N) is 2. The van der Waals surface area contributed by atoms with E-state index >= 15 is 0 Å². The van der Waals surface area contributed by atoms with Gasteiger partial charge in [-0.2, -0.15) is 0 Å². The smallest absolute Gasteiger partial charge is 0.269 e. The summed E-state index contributed by atoms with van der Waals surface area (Å²) < 4.78 is 0. The van der Waals surface area contributed by atoms with Gasteiger partial charge in [0.15, 0.2) is 0 Å². The number of hydrogen-bond acceptors (Lipinski definition) is 4. The van der Waals surface area contributed by atoms with Crippen molar-refractivity contribution in [3.8, 4) is 0 Å². The Morgan fingerprint density at radius 2 is 2.00 bits per heavy atom. The molecule has 0 aliphatic heterocycles. The van der Waals surface area contributed by atoms with Crippen LogP contribution in [0.2, 0.25) is 0 Å². The molecule has 1 saturated carbocycles. The number of nitrogen functional groups attached to an aromatic ring is 1. The van der Waals surface area contributed by atoms with E-state index in [9.17, 15) is 10.1 Å². The third-order valence-corrected chi connectivity index (χ3v) is 3.96. The van der Waals surface area contributed by atoms with E-state index in [4.69, 9.17) is 5.73 Å². The molecule has 0 amide bonds. The van der Waals surface area contributed by atoms with Crippen LogP contribution in [-0.4, -0.2) is 22.9 Å². The van der Waals surface area contributed by atoms with Gasteiger partial charge in [0.25, 0.3) is 5.69 Å². The first kappa shape index (κ1) is 16.7. The number of anilines is 1. The minimum Gasteiger partial charge on any atom is -0.398 e. The van der Waals surface area contributed by atoms with E-state index in [0.29, 0.717) is 18.3 Å². The highest BCUT2D eigenvalue weighted by atomic mass is 35.5. The highest BCUT2D eigenvalue weighted by molar-refractivity contribution is 5.85. The predicted molar refractivity (Wildman–Crippen MR) is 83.1 cm³/mol. The molecule has 1 fully saturated rings. The van der Waals surface area contributed by atoms with Crippen LogP contribution in [0.15, 0.2) is 18.2 Å². The van der Waals surface area contributed by atoms with Gasteiger partial charge in [-0.25, -0.2) is 0 Å². The normalized spacial score (nSPS) is 15.9. The van der Waals surface area contributed by atoms with Gasteiger partial charge in [0.1, 0.15) is 0 Å². The van der Waals surface area contributed by atoms with Gasteiger partial charge in [0.2, 0.25) is 0 Å². The van der Waals surface area contributed by atoms with Gasteiger partial charge < -0.3 is 5.73 Å². The molecule has 0 unspecified atom stereocenters. The summed E-state index contributed by atoms with van der Waals surface area (Å²) in [6.07, 6.45) is 6.30. The molecule has 0 atom stereocenters. The molecule has 112 valence electrons. The Hall–Kier alpha value is -1.33. The first-order valence-electron chi connectivity index (χ1n) is 6.81. The molecule has 2 N–H and O–H groups in total. The van der Waals surface area contributed by atoms with Crippen molar-refractivity contribution < 1.29 is 4.92 Å². The van der Waals surface area contributed by atoms with Crippen LogP contribution in [0, 0.1) is 10.1 Å². The number of nitro benzene ring substituents is 1. The van der Waals surface area contributed by atoms with Crippen molar-refractivity contribution in [2.75, 3.05) is 12.8 Å². The third-order valence-electron chi connectivity index (χ3n) is 3.96. The zero-order valence-corrected chi connectivity index (χ0v) is 12.6. The SMILES string of the molecule is CN(Cc1cc([N+](=O)[O-])ccc1N)C1CCCCC1.Cl. The number of benzene rings is 1. The maximum atomic E-state index is 10.8. The van der Waals surface area contributed by atoms with Crippen molar-refractivity contribution in [2.45, 2.75) is 44.7 Å². The van der Waals surface area contributed by atoms with Gasteiger partial charge >= 0.3 is 0 Å². The Balaban J connectivity index is 0.00000200. The first-order valence-corrected chi connectivity index (χ1v) is 6.81. The summed E-state index contributed by atoms with van der Waals surface area (Å²) >= 11 is 0. The molecular formula is C14H22ClN3O2. The second kappa shape index (κ2) is 7.45. The summed E-state index contributed by atoms with van der Waals surface area (Å²) in [7, 11) is 2.08. The standard InChI is InChI=1S/C14H21N3O2.ClH/c1-16(12-5-3-2-4-6-12)10-11-9-13(17(18)19)7-8-14(11)15;/h7-9,12H,2-6,10,15H2,1H3;1H. The molecule has 0 bridgehead atoms. The van der Waals surface area contributed by atoms with E-state index in [2.05, 4.69) is 11.9 Å². The highest BCUT2D eigenvalue weighted by Gasteiger charge is 2.19. The van der Waals surface area contributed by atoms with Crippen LogP contribution >= 0.6 is 12.4 Å². The van der Waals surface area contributed by atoms with E-state index in [1.54, 1.807) is 12.1 Å². The quantitative estimate of drug-likeness (QED) is 0.525. The highest BCUT2D eigenvalue weighted by Crippen LogP contribution is 2.25. The molecular weight excluding hydrogens is 278 g/mol. The number of nitrogens with two attached hydrogens (primary N) is 1. The maximum Gasteiger partial charge on any atom is 0.269 e. The summed E-state index contributed by atoms with van der Waals surface area (Å²) in [5.74, 6) is 0. The molecule has 0 aromatic heterocycles. The topological polar surface area (TPSA) is 72.4 Å². The predicted octanol–water partition coefficient (Wildman–Crippen LogP) is 3.36. The molecule has 1 aliphatic rings. The van der Waals surface area contributed by atoms with Crippen molar-refractivity contribution in [1.29, 1.82) is 0 Å². The molecule has 0 spiro atoms. The number of rotatable bonds is 4. The first-order chi connectivity index (χ1) is 9.08. The van der Waals surface area contributed by atoms with Gasteiger partial charge in [0.05, 0.1) is 4.92 Å². The Bertz CT molecular complexity index is 462. The van der Waals surface area contributed by atoms with Crippen LogP contribution in [0.1, 0.15) is 37.7 Å². The van der Waals surface area contributed by atoms with Gasteiger partial charge in [-0.15, -0.1) is 12.4 Å². The fourth-order valence-corrected chi connectivity index (χ4v) is 2.76. The molecule has 0 radical (unpaired) electrons. The lowest BCUT2D eigenvalue weighted by atomic mass is 9.94. The number of nitro groups is 1. The minimum atomic E-state index is -0.371. The number of halogens is 1. The van der Waals surface area contributed by atoms with Crippen LogP contribution in [0.4, 0.5) is 11.4 Å².